The summed E-state index contributed by atoms with van der Waals surface area (Å²) in [6, 6.07) is 5.15. The van der Waals surface area contributed by atoms with Crippen molar-refractivity contribution in [2.45, 2.75) is 18.9 Å². The molecule has 0 spiro atoms. The highest BCUT2D eigenvalue weighted by Gasteiger charge is 2.16. The summed E-state index contributed by atoms with van der Waals surface area (Å²) in [7, 11) is 0. The fourth-order valence-corrected chi connectivity index (χ4v) is 1.83. The van der Waals surface area contributed by atoms with E-state index < -0.39 is 0 Å². The largest absolute Gasteiger partial charge is 0.427 e. The van der Waals surface area contributed by atoms with E-state index in [-0.39, 0.29) is 12.0 Å². The van der Waals surface area contributed by atoms with E-state index >= 15 is 0 Å². The van der Waals surface area contributed by atoms with Gasteiger partial charge in [-0.2, -0.15) is 14.8 Å². The summed E-state index contributed by atoms with van der Waals surface area (Å²) in [5.74, 6) is 0.139. The molecule has 98 valence electrons. The lowest BCUT2D eigenvalue weighted by atomic mass is 10.1. The van der Waals surface area contributed by atoms with Crippen LogP contribution in [0.2, 0.25) is 0 Å². The fourth-order valence-electron chi connectivity index (χ4n) is 1.83. The number of hydroxylamine groups is 2. The number of nitrogens with zero attached hydrogens (tertiary/aromatic N) is 4. The third-order valence-corrected chi connectivity index (χ3v) is 2.80. The first kappa shape index (κ1) is 12.6. The monoisotopic (exact) mass is 251 g/mol. The Hall–Kier alpha value is -1.86. The summed E-state index contributed by atoms with van der Waals surface area (Å²) >= 11 is 0. The maximum atomic E-state index is 9.47. The molecule has 4 N–H and O–H groups in total. The molecule has 2 rings (SSSR count). The second-order valence-corrected chi connectivity index (χ2v) is 4.19. The molecule has 0 aliphatic carbocycles. The van der Waals surface area contributed by atoms with Crippen molar-refractivity contribution < 1.29 is 10.4 Å². The minimum atomic E-state index is 0.0769. The Kier molecular flexibility index (Phi) is 3.96. The number of nitrogens with two attached hydrogens (primary N) is 1. The molecule has 1 saturated heterocycles. The highest BCUT2D eigenvalue weighted by molar-refractivity contribution is 5.78. The molecule has 0 amide bonds. The number of piperidine rings is 1. The Bertz CT molecular complexity index is 488. The van der Waals surface area contributed by atoms with Gasteiger partial charge in [-0.3, -0.25) is 0 Å². The maximum absolute atomic E-state index is 9.47. The summed E-state index contributed by atoms with van der Waals surface area (Å²) < 4.78 is 0.888. The van der Waals surface area contributed by atoms with Gasteiger partial charge in [0, 0.05) is 19.3 Å². The first-order valence-corrected chi connectivity index (χ1v) is 5.84. The molecule has 2 heterocycles. The fraction of sp³-hybridized carbons (Fsp3) is 0.455. The molecule has 1 fully saturated rings. The Morgan fingerprint density at radius 1 is 1.28 bits per heavy atom. The summed E-state index contributed by atoms with van der Waals surface area (Å²) in [6.45, 7) is 1.18. The van der Waals surface area contributed by atoms with E-state index in [2.05, 4.69) is 9.98 Å². The van der Waals surface area contributed by atoms with Crippen molar-refractivity contribution in [3.05, 3.63) is 29.9 Å². The summed E-state index contributed by atoms with van der Waals surface area (Å²) in [4.78, 5) is 8.31. The van der Waals surface area contributed by atoms with Crippen LogP contribution in [-0.4, -0.2) is 45.3 Å². The van der Waals surface area contributed by atoms with Crippen molar-refractivity contribution in [3.8, 4) is 0 Å². The standard InChI is InChI=1S/C11H17N5O2/c12-11(13-9-4-7-15(17)8-5-9)14-10-3-1-2-6-16(10)18/h1-3,6,9,17-18H,4-5,7-8H2,(H2,12,13). The first-order chi connectivity index (χ1) is 8.65. The minimum absolute atomic E-state index is 0.0769. The zero-order valence-corrected chi connectivity index (χ0v) is 9.98. The number of aromatic nitrogens is 1. The van der Waals surface area contributed by atoms with Gasteiger partial charge in [-0.15, -0.1) is 0 Å². The zero-order valence-electron chi connectivity index (χ0n) is 9.98. The molecule has 1 aliphatic heterocycles. The van der Waals surface area contributed by atoms with Crippen LogP contribution in [0.3, 0.4) is 0 Å². The van der Waals surface area contributed by atoms with E-state index in [1.54, 1.807) is 18.2 Å². The number of pyridine rings is 1. The second kappa shape index (κ2) is 5.65. The van der Waals surface area contributed by atoms with Crippen LogP contribution in [0.4, 0.5) is 0 Å². The second-order valence-electron chi connectivity index (χ2n) is 4.19. The number of aliphatic imine (C=N–C) groups is 1. The molecule has 0 saturated carbocycles. The van der Waals surface area contributed by atoms with Crippen molar-refractivity contribution in [2.75, 3.05) is 13.1 Å². The number of hydrogen-bond donors (Lipinski definition) is 3. The van der Waals surface area contributed by atoms with Crippen molar-refractivity contribution in [3.63, 3.8) is 0 Å². The van der Waals surface area contributed by atoms with Gasteiger partial charge in [0.05, 0.1) is 6.04 Å². The predicted molar refractivity (Wildman–Crippen MR) is 65.2 cm³/mol. The molecule has 0 unspecified atom stereocenters. The van der Waals surface area contributed by atoms with Gasteiger partial charge >= 0.3 is 0 Å². The van der Waals surface area contributed by atoms with Crippen LogP contribution in [0.5, 0.6) is 0 Å². The molecule has 18 heavy (non-hydrogen) atoms. The Labute approximate surface area is 104 Å². The van der Waals surface area contributed by atoms with E-state index in [9.17, 15) is 10.4 Å². The normalized spacial score (nSPS) is 20.3. The van der Waals surface area contributed by atoms with Gasteiger partial charge in [-0.25, -0.2) is 4.99 Å². The number of guanidine groups is 1. The summed E-state index contributed by atoms with van der Waals surface area (Å²) in [6.07, 6.45) is 2.97. The van der Waals surface area contributed by atoms with Crippen LogP contribution in [0.15, 0.2) is 34.4 Å². The van der Waals surface area contributed by atoms with Gasteiger partial charge < -0.3 is 16.1 Å². The quantitative estimate of drug-likeness (QED) is 0.365. The van der Waals surface area contributed by atoms with Crippen LogP contribution in [-0.2, 0) is 0 Å². The van der Waals surface area contributed by atoms with Crippen LogP contribution in [0.1, 0.15) is 12.8 Å². The number of hydrogen-bond acceptors (Lipinski definition) is 4. The molecular weight excluding hydrogens is 234 g/mol. The van der Waals surface area contributed by atoms with Crippen LogP contribution in [0, 0.1) is 0 Å². The lowest BCUT2D eigenvalue weighted by Gasteiger charge is -2.24. The van der Waals surface area contributed by atoms with Gasteiger partial charge in [0.1, 0.15) is 0 Å². The van der Waals surface area contributed by atoms with Gasteiger partial charge in [0.15, 0.2) is 5.49 Å². The van der Waals surface area contributed by atoms with Crippen LogP contribution in [0.25, 0.3) is 0 Å². The Balaban J connectivity index is 2.10. The Morgan fingerprint density at radius 3 is 2.67 bits per heavy atom. The summed E-state index contributed by atoms with van der Waals surface area (Å²) in [5, 5.41) is 20.0. The molecular formula is C11H17N5O2. The van der Waals surface area contributed by atoms with E-state index in [1.165, 1.54) is 11.3 Å². The molecule has 1 aromatic rings. The van der Waals surface area contributed by atoms with E-state index in [1.807, 2.05) is 0 Å². The van der Waals surface area contributed by atoms with E-state index in [0.29, 0.717) is 18.6 Å². The topological polar surface area (TPSA) is 99.4 Å². The van der Waals surface area contributed by atoms with Gasteiger partial charge in [-0.05, 0) is 25.0 Å². The lowest BCUT2D eigenvalue weighted by molar-refractivity contribution is -0.105. The third kappa shape index (κ3) is 3.31. The maximum Gasteiger partial charge on any atom is 0.217 e. The average Bonchev–Trinajstić information content (AvgIpc) is 2.35. The average molecular weight is 251 g/mol. The first-order valence-electron chi connectivity index (χ1n) is 5.84. The lowest BCUT2D eigenvalue weighted by Crippen LogP contribution is -2.33. The highest BCUT2D eigenvalue weighted by Crippen LogP contribution is 2.11. The summed E-state index contributed by atoms with van der Waals surface area (Å²) in [5.41, 5.74) is 6.05. The minimum Gasteiger partial charge on any atom is -0.427 e. The molecule has 0 bridgehead atoms. The van der Waals surface area contributed by atoms with E-state index in [4.69, 9.17) is 5.73 Å². The zero-order chi connectivity index (χ0) is 13.0. The SMILES string of the molecule is NC(=NC1CCN(O)CC1)N=c1ccccn1O. The smallest absolute Gasteiger partial charge is 0.217 e. The molecule has 0 atom stereocenters. The van der Waals surface area contributed by atoms with Crippen LogP contribution >= 0.6 is 0 Å². The van der Waals surface area contributed by atoms with Crippen molar-refractivity contribution in [1.29, 1.82) is 0 Å². The van der Waals surface area contributed by atoms with E-state index in [0.717, 1.165) is 17.6 Å². The number of rotatable bonds is 1. The molecule has 7 nitrogen and oxygen atoms in total. The van der Waals surface area contributed by atoms with Crippen molar-refractivity contribution in [2.24, 2.45) is 15.7 Å². The van der Waals surface area contributed by atoms with Gasteiger partial charge in [-0.1, -0.05) is 6.07 Å². The van der Waals surface area contributed by atoms with Gasteiger partial charge in [0.2, 0.25) is 5.96 Å². The highest BCUT2D eigenvalue weighted by atomic mass is 16.5. The van der Waals surface area contributed by atoms with Crippen molar-refractivity contribution >= 4 is 5.96 Å². The van der Waals surface area contributed by atoms with Crippen LogP contribution < -0.4 is 11.2 Å². The molecule has 1 aromatic heterocycles. The Morgan fingerprint density at radius 2 is 2.00 bits per heavy atom. The third-order valence-electron chi connectivity index (χ3n) is 2.80. The predicted octanol–water partition coefficient (Wildman–Crippen LogP) is -0.206. The van der Waals surface area contributed by atoms with Crippen molar-refractivity contribution in [1.82, 2.24) is 9.79 Å². The molecule has 0 aromatic carbocycles. The van der Waals surface area contributed by atoms with Gasteiger partial charge in [0.25, 0.3) is 0 Å². The molecule has 1 aliphatic rings. The molecule has 0 radical (unpaired) electrons. The molecule has 7 heteroatoms.